The van der Waals surface area contributed by atoms with E-state index in [1.165, 1.54) is 0 Å². The summed E-state index contributed by atoms with van der Waals surface area (Å²) in [6.45, 7) is 0. The van der Waals surface area contributed by atoms with Gasteiger partial charge in [0.25, 0.3) is 0 Å². The van der Waals surface area contributed by atoms with Gasteiger partial charge in [-0.25, -0.2) is 0 Å². The third-order valence-electron chi connectivity index (χ3n) is 2.95. The first-order valence-electron chi connectivity index (χ1n) is 6.28. The average molecular weight is 265 g/mol. The fraction of sp³-hybridized carbons (Fsp3) is 0.125. The molecule has 20 heavy (non-hydrogen) atoms. The fourth-order valence-electron chi connectivity index (χ4n) is 1.83. The predicted octanol–water partition coefficient (Wildman–Crippen LogP) is 2.39. The van der Waals surface area contributed by atoms with Crippen molar-refractivity contribution in [3.63, 3.8) is 0 Å². The van der Waals surface area contributed by atoms with Crippen molar-refractivity contribution < 1.29 is 4.79 Å². The maximum atomic E-state index is 12.0. The molecular weight excluding hydrogens is 250 g/mol. The van der Waals surface area contributed by atoms with Crippen LogP contribution < -0.4 is 11.1 Å². The van der Waals surface area contributed by atoms with Crippen molar-refractivity contribution in [3.8, 4) is 6.07 Å². The molecule has 4 heteroatoms. The molecule has 1 amide bonds. The van der Waals surface area contributed by atoms with Crippen molar-refractivity contribution in [2.24, 2.45) is 5.73 Å². The van der Waals surface area contributed by atoms with Gasteiger partial charge in [0, 0.05) is 5.69 Å². The number of carbonyl (C=O) groups is 1. The number of nitrogens with zero attached hydrogens (tertiary/aromatic N) is 1. The number of hydrogen-bond donors (Lipinski definition) is 2. The SMILES string of the molecule is N#CCc1ccc(NC(=O)[C@@H](N)c2ccccc2)cc1. The molecule has 0 spiro atoms. The van der Waals surface area contributed by atoms with Gasteiger partial charge in [0.1, 0.15) is 6.04 Å². The Morgan fingerprint density at radius 3 is 2.40 bits per heavy atom. The maximum absolute atomic E-state index is 12.0. The van der Waals surface area contributed by atoms with Crippen molar-refractivity contribution in [2.45, 2.75) is 12.5 Å². The number of hydrogen-bond acceptors (Lipinski definition) is 3. The van der Waals surface area contributed by atoms with Gasteiger partial charge in [0.05, 0.1) is 12.5 Å². The van der Waals surface area contributed by atoms with E-state index in [1.807, 2.05) is 42.5 Å². The Labute approximate surface area is 117 Å². The minimum Gasteiger partial charge on any atom is -0.324 e. The second-order valence-electron chi connectivity index (χ2n) is 4.41. The second-order valence-corrected chi connectivity index (χ2v) is 4.41. The molecule has 100 valence electrons. The number of amides is 1. The van der Waals surface area contributed by atoms with E-state index in [1.54, 1.807) is 12.1 Å². The summed E-state index contributed by atoms with van der Waals surface area (Å²) in [4.78, 5) is 12.0. The van der Waals surface area contributed by atoms with Gasteiger partial charge in [-0.15, -0.1) is 0 Å². The topological polar surface area (TPSA) is 78.9 Å². The van der Waals surface area contributed by atoms with Crippen LogP contribution in [0.4, 0.5) is 5.69 Å². The van der Waals surface area contributed by atoms with E-state index in [4.69, 9.17) is 11.0 Å². The zero-order chi connectivity index (χ0) is 14.4. The normalized spacial score (nSPS) is 11.4. The number of nitriles is 1. The van der Waals surface area contributed by atoms with E-state index in [0.29, 0.717) is 12.1 Å². The number of benzene rings is 2. The smallest absolute Gasteiger partial charge is 0.245 e. The van der Waals surface area contributed by atoms with Crippen LogP contribution in [0.2, 0.25) is 0 Å². The van der Waals surface area contributed by atoms with E-state index < -0.39 is 6.04 Å². The molecule has 1 atom stereocenters. The number of nitrogens with two attached hydrogens (primary N) is 1. The van der Waals surface area contributed by atoms with Gasteiger partial charge in [-0.1, -0.05) is 42.5 Å². The molecule has 4 nitrogen and oxygen atoms in total. The summed E-state index contributed by atoms with van der Waals surface area (Å²) in [5.74, 6) is -0.260. The van der Waals surface area contributed by atoms with Gasteiger partial charge >= 0.3 is 0 Å². The van der Waals surface area contributed by atoms with Crippen LogP contribution >= 0.6 is 0 Å². The van der Waals surface area contributed by atoms with Crippen molar-refractivity contribution in [3.05, 3.63) is 65.7 Å². The Morgan fingerprint density at radius 2 is 1.80 bits per heavy atom. The number of anilines is 1. The molecular formula is C16H15N3O. The number of carbonyl (C=O) groups excluding carboxylic acids is 1. The minimum absolute atomic E-state index is 0.260. The first kappa shape index (κ1) is 13.8. The number of nitrogens with one attached hydrogen (secondary N) is 1. The first-order valence-corrected chi connectivity index (χ1v) is 6.28. The summed E-state index contributed by atoms with van der Waals surface area (Å²) in [7, 11) is 0. The van der Waals surface area contributed by atoms with Crippen LogP contribution in [-0.2, 0) is 11.2 Å². The monoisotopic (exact) mass is 265 g/mol. The summed E-state index contributed by atoms with van der Waals surface area (Å²) >= 11 is 0. The van der Waals surface area contributed by atoms with Crippen LogP contribution in [0.3, 0.4) is 0 Å². The summed E-state index contributed by atoms with van der Waals surface area (Å²) in [5.41, 5.74) is 8.26. The molecule has 2 aromatic rings. The van der Waals surface area contributed by atoms with Gasteiger partial charge < -0.3 is 11.1 Å². The van der Waals surface area contributed by atoms with Crippen LogP contribution in [0.15, 0.2) is 54.6 Å². The molecule has 0 aliphatic rings. The molecule has 0 unspecified atom stereocenters. The van der Waals surface area contributed by atoms with E-state index in [2.05, 4.69) is 11.4 Å². The van der Waals surface area contributed by atoms with E-state index in [-0.39, 0.29) is 5.91 Å². The van der Waals surface area contributed by atoms with E-state index in [9.17, 15) is 4.79 Å². The van der Waals surface area contributed by atoms with E-state index >= 15 is 0 Å². The Kier molecular flexibility index (Phi) is 4.48. The average Bonchev–Trinajstić information content (AvgIpc) is 2.49. The Hall–Kier alpha value is -2.64. The molecule has 3 N–H and O–H groups in total. The fourth-order valence-corrected chi connectivity index (χ4v) is 1.83. The zero-order valence-electron chi connectivity index (χ0n) is 10.9. The minimum atomic E-state index is -0.699. The molecule has 2 aromatic carbocycles. The van der Waals surface area contributed by atoms with Gasteiger partial charge in [-0.3, -0.25) is 4.79 Å². The Morgan fingerprint density at radius 1 is 1.15 bits per heavy atom. The lowest BCUT2D eigenvalue weighted by molar-refractivity contribution is -0.117. The third-order valence-corrected chi connectivity index (χ3v) is 2.95. The molecule has 0 aliphatic carbocycles. The van der Waals surface area contributed by atoms with Crippen molar-refractivity contribution >= 4 is 11.6 Å². The molecule has 0 saturated heterocycles. The van der Waals surface area contributed by atoms with Crippen LogP contribution in [0, 0.1) is 11.3 Å². The standard InChI is InChI=1S/C16H15N3O/c17-11-10-12-6-8-14(9-7-12)19-16(20)15(18)13-4-2-1-3-5-13/h1-9,15H,10,18H2,(H,19,20)/t15-/m0/s1. The van der Waals surface area contributed by atoms with E-state index in [0.717, 1.165) is 11.1 Å². The first-order chi connectivity index (χ1) is 9.70. The summed E-state index contributed by atoms with van der Waals surface area (Å²) in [6, 6.07) is 17.7. The van der Waals surface area contributed by atoms with Crippen molar-refractivity contribution in [1.82, 2.24) is 0 Å². The number of rotatable bonds is 4. The molecule has 0 heterocycles. The predicted molar refractivity (Wildman–Crippen MR) is 77.8 cm³/mol. The lowest BCUT2D eigenvalue weighted by Crippen LogP contribution is -2.27. The highest BCUT2D eigenvalue weighted by Gasteiger charge is 2.15. The molecule has 2 rings (SSSR count). The highest BCUT2D eigenvalue weighted by molar-refractivity contribution is 5.95. The van der Waals surface area contributed by atoms with Crippen molar-refractivity contribution in [2.75, 3.05) is 5.32 Å². The highest BCUT2D eigenvalue weighted by Crippen LogP contribution is 2.14. The van der Waals surface area contributed by atoms with Gasteiger partial charge in [-0.2, -0.15) is 5.26 Å². The largest absolute Gasteiger partial charge is 0.324 e. The summed E-state index contributed by atoms with van der Waals surface area (Å²) in [6.07, 6.45) is 0.359. The summed E-state index contributed by atoms with van der Waals surface area (Å²) in [5, 5.41) is 11.4. The molecule has 0 fully saturated rings. The van der Waals surface area contributed by atoms with Gasteiger partial charge in [-0.05, 0) is 23.3 Å². The molecule has 0 aliphatic heterocycles. The zero-order valence-corrected chi connectivity index (χ0v) is 10.9. The van der Waals surface area contributed by atoms with Gasteiger partial charge in [0.15, 0.2) is 0 Å². The van der Waals surface area contributed by atoms with Crippen LogP contribution in [-0.4, -0.2) is 5.91 Å². The highest BCUT2D eigenvalue weighted by atomic mass is 16.2. The quantitative estimate of drug-likeness (QED) is 0.890. The third kappa shape index (κ3) is 3.44. The summed E-state index contributed by atoms with van der Waals surface area (Å²) < 4.78 is 0. The molecule has 0 aromatic heterocycles. The Bertz CT molecular complexity index is 614. The van der Waals surface area contributed by atoms with Crippen LogP contribution in [0.25, 0.3) is 0 Å². The molecule has 0 bridgehead atoms. The maximum Gasteiger partial charge on any atom is 0.245 e. The van der Waals surface area contributed by atoms with Crippen LogP contribution in [0.5, 0.6) is 0 Å². The Balaban J connectivity index is 2.03. The van der Waals surface area contributed by atoms with Crippen LogP contribution in [0.1, 0.15) is 17.2 Å². The second kappa shape index (κ2) is 6.50. The van der Waals surface area contributed by atoms with Gasteiger partial charge in [0.2, 0.25) is 5.91 Å². The van der Waals surface area contributed by atoms with Crippen molar-refractivity contribution in [1.29, 1.82) is 5.26 Å². The molecule has 0 saturated carbocycles. The lowest BCUT2D eigenvalue weighted by Gasteiger charge is -2.12. The molecule has 0 radical (unpaired) electrons. The lowest BCUT2D eigenvalue weighted by atomic mass is 10.1.